The van der Waals surface area contributed by atoms with Crippen LogP contribution in [0.5, 0.6) is 0 Å². The minimum Gasteiger partial charge on any atom is -0.465 e. The molecule has 2 saturated heterocycles. The maximum Gasteiger partial charge on any atom is 0.326 e. The van der Waals surface area contributed by atoms with E-state index < -0.39 is 57.8 Å². The van der Waals surface area contributed by atoms with Gasteiger partial charge in [-0.15, -0.1) is 0 Å². The zero-order valence-corrected chi connectivity index (χ0v) is 15.6. The average Bonchev–Trinajstić information content (AvgIpc) is 3.00. The molecule has 2 aliphatic rings. The highest BCUT2D eigenvalue weighted by molar-refractivity contribution is 8.19. The van der Waals surface area contributed by atoms with Gasteiger partial charge < -0.3 is 9.47 Å². The molecule has 10 nitrogen and oxygen atoms in total. The second kappa shape index (κ2) is 8.54. The largest absolute Gasteiger partial charge is 0.465 e. The van der Waals surface area contributed by atoms with Crippen molar-refractivity contribution in [2.75, 3.05) is 26.3 Å². The van der Waals surface area contributed by atoms with Crippen molar-refractivity contribution in [1.82, 2.24) is 9.80 Å². The minimum absolute atomic E-state index is 0.0971. The number of esters is 2. The van der Waals surface area contributed by atoms with Gasteiger partial charge in [-0.3, -0.25) is 38.6 Å². The van der Waals surface area contributed by atoms with Crippen LogP contribution in [-0.4, -0.2) is 80.8 Å². The second-order valence-electron chi connectivity index (χ2n) is 5.07. The van der Waals surface area contributed by atoms with Crippen molar-refractivity contribution < 1.29 is 38.2 Å². The Bertz CT molecular complexity index is 611. The molecule has 26 heavy (non-hydrogen) atoms. The topological polar surface area (TPSA) is 127 Å². The molecular weight excluding hydrogens is 388 g/mol. The number of hydrogen-bond acceptors (Lipinski definition) is 10. The third-order valence-corrected chi connectivity index (χ3v) is 5.85. The fraction of sp³-hybridized carbons (Fsp3) is 0.571. The lowest BCUT2D eigenvalue weighted by atomic mass is 10.2. The lowest BCUT2D eigenvalue weighted by Gasteiger charge is -2.15. The van der Waals surface area contributed by atoms with Crippen LogP contribution >= 0.6 is 23.5 Å². The van der Waals surface area contributed by atoms with E-state index in [1.807, 2.05) is 0 Å². The van der Waals surface area contributed by atoms with Gasteiger partial charge in [-0.05, 0) is 37.4 Å². The van der Waals surface area contributed by atoms with Gasteiger partial charge in [0, 0.05) is 0 Å². The predicted molar refractivity (Wildman–Crippen MR) is 90.2 cm³/mol. The van der Waals surface area contributed by atoms with Crippen molar-refractivity contribution in [2.45, 2.75) is 24.3 Å². The molecule has 0 aromatic rings. The van der Waals surface area contributed by atoms with Crippen LogP contribution in [0.25, 0.3) is 0 Å². The molecule has 2 rings (SSSR count). The first-order valence-electron chi connectivity index (χ1n) is 7.65. The SMILES string of the molecule is CCOC(=O)CN1C(=O)S[C@@H]([C@@H]2SC(=O)N(CC(=O)OCC)C2=O)C1=O. The Kier molecular flexibility index (Phi) is 6.64. The molecule has 0 aliphatic carbocycles. The molecule has 2 aliphatic heterocycles. The van der Waals surface area contributed by atoms with Crippen molar-refractivity contribution in [2.24, 2.45) is 0 Å². The Labute approximate surface area is 156 Å². The van der Waals surface area contributed by atoms with Gasteiger partial charge in [0.15, 0.2) is 0 Å². The van der Waals surface area contributed by atoms with Gasteiger partial charge in [0.1, 0.15) is 23.6 Å². The van der Waals surface area contributed by atoms with Gasteiger partial charge in [0.25, 0.3) is 10.5 Å². The summed E-state index contributed by atoms with van der Waals surface area (Å²) in [6, 6.07) is 0. The van der Waals surface area contributed by atoms with Crippen molar-refractivity contribution in [3.8, 4) is 0 Å². The molecule has 2 fully saturated rings. The standard InChI is InChI=1S/C14H16N2O8S2/c1-3-23-7(17)5-15-11(19)9(25-13(15)21)10-12(20)16(14(22)26-10)6-8(18)24-4-2/h9-10H,3-6H2,1-2H3/t9-,10-/m0/s1. The van der Waals surface area contributed by atoms with E-state index >= 15 is 0 Å². The normalized spacial score (nSPS) is 23.0. The molecule has 0 spiro atoms. The van der Waals surface area contributed by atoms with E-state index in [-0.39, 0.29) is 13.2 Å². The summed E-state index contributed by atoms with van der Waals surface area (Å²) in [5, 5.41) is -3.69. The molecule has 0 aromatic heterocycles. The van der Waals surface area contributed by atoms with Crippen LogP contribution in [0.1, 0.15) is 13.8 Å². The van der Waals surface area contributed by atoms with Gasteiger partial charge in [0.05, 0.1) is 13.2 Å². The zero-order valence-electron chi connectivity index (χ0n) is 14.0. The van der Waals surface area contributed by atoms with Crippen LogP contribution < -0.4 is 0 Å². The summed E-state index contributed by atoms with van der Waals surface area (Å²) in [5.74, 6) is -2.99. The number of hydrogen-bond donors (Lipinski definition) is 0. The quantitative estimate of drug-likeness (QED) is 0.544. The smallest absolute Gasteiger partial charge is 0.326 e. The van der Waals surface area contributed by atoms with Gasteiger partial charge in [0.2, 0.25) is 11.8 Å². The van der Waals surface area contributed by atoms with Gasteiger partial charge in [-0.1, -0.05) is 0 Å². The van der Waals surface area contributed by atoms with E-state index in [0.29, 0.717) is 33.3 Å². The highest BCUT2D eigenvalue weighted by atomic mass is 32.2. The molecular formula is C14H16N2O8S2. The molecule has 0 radical (unpaired) electrons. The average molecular weight is 404 g/mol. The molecule has 4 amide bonds. The number of nitrogens with zero attached hydrogens (tertiary/aromatic N) is 2. The summed E-state index contributed by atoms with van der Waals surface area (Å²) in [7, 11) is 0. The monoisotopic (exact) mass is 404 g/mol. The maximum absolute atomic E-state index is 12.4. The lowest BCUT2D eigenvalue weighted by Crippen LogP contribution is -2.43. The van der Waals surface area contributed by atoms with Gasteiger partial charge in [-0.25, -0.2) is 0 Å². The van der Waals surface area contributed by atoms with E-state index in [0.717, 1.165) is 0 Å². The number of ether oxygens (including phenoxy) is 2. The van der Waals surface area contributed by atoms with E-state index in [4.69, 9.17) is 9.47 Å². The highest BCUT2D eigenvalue weighted by Gasteiger charge is 2.53. The van der Waals surface area contributed by atoms with Gasteiger partial charge >= 0.3 is 11.9 Å². The Morgan fingerprint density at radius 3 is 1.46 bits per heavy atom. The first kappa shape index (κ1) is 20.2. The Morgan fingerprint density at radius 2 is 1.15 bits per heavy atom. The molecule has 0 bridgehead atoms. The summed E-state index contributed by atoms with van der Waals surface area (Å²) in [6.07, 6.45) is 0. The number of thioether (sulfide) groups is 2. The number of amides is 4. The first-order chi connectivity index (χ1) is 12.3. The van der Waals surface area contributed by atoms with E-state index in [1.165, 1.54) is 0 Å². The lowest BCUT2D eigenvalue weighted by molar-refractivity contribution is -0.147. The van der Waals surface area contributed by atoms with Crippen molar-refractivity contribution in [1.29, 1.82) is 0 Å². The van der Waals surface area contributed by atoms with Crippen molar-refractivity contribution in [3.63, 3.8) is 0 Å². The second-order valence-corrected chi connectivity index (χ2v) is 7.25. The molecule has 0 unspecified atom stereocenters. The Balaban J connectivity index is 2.07. The minimum atomic E-state index is -1.15. The highest BCUT2D eigenvalue weighted by Crippen LogP contribution is 2.39. The van der Waals surface area contributed by atoms with E-state index in [2.05, 4.69) is 0 Å². The Morgan fingerprint density at radius 1 is 0.808 bits per heavy atom. The summed E-state index contributed by atoms with van der Waals surface area (Å²) in [5.41, 5.74) is 0. The molecule has 0 aromatic carbocycles. The van der Waals surface area contributed by atoms with Gasteiger partial charge in [-0.2, -0.15) is 0 Å². The summed E-state index contributed by atoms with van der Waals surface area (Å²) in [6.45, 7) is 2.25. The molecule has 0 saturated carbocycles. The van der Waals surface area contributed by atoms with Crippen LogP contribution in [0.3, 0.4) is 0 Å². The van der Waals surface area contributed by atoms with E-state index in [1.54, 1.807) is 13.8 Å². The molecule has 0 N–H and O–H groups in total. The number of carbonyl (C=O) groups excluding carboxylic acids is 6. The first-order valence-corrected chi connectivity index (χ1v) is 9.41. The third kappa shape index (κ3) is 4.18. The summed E-state index contributed by atoms with van der Waals surface area (Å²) >= 11 is 1.14. The zero-order chi connectivity index (χ0) is 19.4. The van der Waals surface area contributed by atoms with Crippen molar-refractivity contribution in [3.05, 3.63) is 0 Å². The third-order valence-electron chi connectivity index (χ3n) is 3.38. The van der Waals surface area contributed by atoms with Crippen LogP contribution in [-0.2, 0) is 28.7 Å². The fourth-order valence-electron chi connectivity index (χ4n) is 2.27. The van der Waals surface area contributed by atoms with Crippen LogP contribution in [0.4, 0.5) is 9.59 Å². The summed E-state index contributed by atoms with van der Waals surface area (Å²) < 4.78 is 9.41. The number of imide groups is 2. The molecule has 2 heterocycles. The Hall–Kier alpha value is -2.08. The van der Waals surface area contributed by atoms with E-state index in [9.17, 15) is 28.8 Å². The molecule has 12 heteroatoms. The summed E-state index contributed by atoms with van der Waals surface area (Å²) in [4.78, 5) is 73.2. The molecule has 142 valence electrons. The van der Waals surface area contributed by atoms with Crippen LogP contribution in [0.2, 0.25) is 0 Å². The predicted octanol–water partition coefficient (Wildman–Crippen LogP) is 0.241. The van der Waals surface area contributed by atoms with Crippen LogP contribution in [0, 0.1) is 0 Å². The number of rotatable bonds is 7. The maximum atomic E-state index is 12.4. The number of carbonyl (C=O) groups is 6. The van der Waals surface area contributed by atoms with Crippen molar-refractivity contribution >= 4 is 57.8 Å². The van der Waals surface area contributed by atoms with Crippen LogP contribution in [0.15, 0.2) is 0 Å². The molecule has 2 atom stereocenters. The fourth-order valence-corrected chi connectivity index (χ4v) is 4.54.